The van der Waals surface area contributed by atoms with Crippen molar-refractivity contribution in [3.05, 3.63) is 83.6 Å². The van der Waals surface area contributed by atoms with E-state index in [0.717, 1.165) is 11.9 Å². The van der Waals surface area contributed by atoms with Crippen molar-refractivity contribution in [1.82, 2.24) is 14.5 Å². The maximum Gasteiger partial charge on any atom is 0.435 e. The fourth-order valence-corrected chi connectivity index (χ4v) is 4.47. The normalized spacial score (nSPS) is 11.3. The van der Waals surface area contributed by atoms with E-state index >= 15 is 0 Å². The molecular formula is C32H36FN7O5. The molecule has 0 unspecified atom stereocenters. The van der Waals surface area contributed by atoms with Crippen LogP contribution in [0, 0.1) is 5.82 Å². The van der Waals surface area contributed by atoms with Crippen LogP contribution in [0.5, 0.6) is 0 Å². The zero-order valence-electron chi connectivity index (χ0n) is 25.5. The predicted octanol–water partition coefficient (Wildman–Crippen LogP) is 4.96. The molecule has 3 N–H and O–H groups in total. The molecule has 12 nitrogen and oxygen atoms in total. The monoisotopic (exact) mass is 617 g/mol. The molecule has 0 radical (unpaired) electrons. The Balaban J connectivity index is 1.51. The number of carbonyl (C=O) groups is 3. The fourth-order valence-electron chi connectivity index (χ4n) is 4.47. The molecule has 2 heterocycles. The Bertz CT molecular complexity index is 1690. The highest BCUT2D eigenvalue weighted by Gasteiger charge is 2.21. The SMILES string of the molecule is CCCCOC(=O)/N=C(\N)c1cc(NCc2nc3cc(C(=O)N(CCC(=O)OCC)c4ccccn4)ccc3n2C)ccc1F. The first-order valence-electron chi connectivity index (χ1n) is 14.6. The number of rotatable bonds is 13. The number of amides is 2. The third-order valence-corrected chi connectivity index (χ3v) is 6.86. The Morgan fingerprint density at radius 1 is 1.09 bits per heavy atom. The van der Waals surface area contributed by atoms with Gasteiger partial charge in [-0.3, -0.25) is 14.5 Å². The molecule has 0 aliphatic carbocycles. The van der Waals surface area contributed by atoms with Gasteiger partial charge in [-0.2, -0.15) is 4.99 Å². The number of anilines is 2. The van der Waals surface area contributed by atoms with Gasteiger partial charge in [-0.05, 0) is 61.9 Å². The smallest absolute Gasteiger partial charge is 0.435 e. The molecule has 45 heavy (non-hydrogen) atoms. The van der Waals surface area contributed by atoms with Gasteiger partial charge < -0.3 is 25.1 Å². The standard InChI is InChI=1S/C32H36FN7O5/c1-4-6-17-45-32(43)38-30(34)23-19-22(11-12-24(23)33)36-20-28-37-25-18-21(10-13-26(25)39(28)3)31(42)40(16-14-29(41)44-5-2)27-9-7-8-15-35-27/h7-13,15,18-19,36H,4-6,14,16-17,20H2,1-3H3,(H2,34,38,43). The summed E-state index contributed by atoms with van der Waals surface area (Å²) in [6.07, 6.45) is 2.26. The lowest BCUT2D eigenvalue weighted by Gasteiger charge is -2.21. The van der Waals surface area contributed by atoms with Gasteiger partial charge in [0.1, 0.15) is 23.3 Å². The summed E-state index contributed by atoms with van der Waals surface area (Å²) in [4.78, 5) is 51.6. The first-order valence-corrected chi connectivity index (χ1v) is 14.6. The molecule has 2 aromatic heterocycles. The summed E-state index contributed by atoms with van der Waals surface area (Å²) in [5.41, 5.74) is 8.14. The highest BCUT2D eigenvalue weighted by Crippen LogP contribution is 2.22. The highest BCUT2D eigenvalue weighted by molar-refractivity contribution is 6.07. The Morgan fingerprint density at radius 3 is 2.64 bits per heavy atom. The Morgan fingerprint density at radius 2 is 1.91 bits per heavy atom. The van der Waals surface area contributed by atoms with E-state index in [9.17, 15) is 18.8 Å². The van der Waals surface area contributed by atoms with Crippen LogP contribution in [0.2, 0.25) is 0 Å². The van der Waals surface area contributed by atoms with E-state index in [-0.39, 0.29) is 50.0 Å². The number of aryl methyl sites for hydroxylation is 1. The number of nitrogens with one attached hydrogen (secondary N) is 1. The molecule has 2 aromatic carbocycles. The maximum absolute atomic E-state index is 14.5. The van der Waals surface area contributed by atoms with Crippen LogP contribution in [0.3, 0.4) is 0 Å². The summed E-state index contributed by atoms with van der Waals surface area (Å²) in [6.45, 7) is 4.50. The van der Waals surface area contributed by atoms with E-state index in [1.165, 1.54) is 23.1 Å². The fraction of sp³-hybridized carbons (Fsp3) is 0.312. The van der Waals surface area contributed by atoms with Crippen LogP contribution in [0.4, 0.5) is 20.7 Å². The minimum atomic E-state index is -0.876. The Labute approximate surface area is 260 Å². The van der Waals surface area contributed by atoms with Crippen molar-refractivity contribution in [3.8, 4) is 0 Å². The molecule has 0 bridgehead atoms. The zero-order chi connectivity index (χ0) is 32.3. The number of hydrogen-bond acceptors (Lipinski definition) is 8. The third-order valence-electron chi connectivity index (χ3n) is 6.86. The summed E-state index contributed by atoms with van der Waals surface area (Å²) in [6, 6.07) is 14.6. The molecule has 13 heteroatoms. The van der Waals surface area contributed by atoms with Crippen molar-refractivity contribution in [1.29, 1.82) is 0 Å². The molecule has 0 aliphatic heterocycles. The van der Waals surface area contributed by atoms with E-state index in [1.54, 1.807) is 49.5 Å². The number of nitrogens with two attached hydrogens (primary N) is 1. The number of hydrogen-bond donors (Lipinski definition) is 2. The van der Waals surface area contributed by atoms with Gasteiger partial charge in [-0.25, -0.2) is 19.2 Å². The van der Waals surface area contributed by atoms with Gasteiger partial charge >= 0.3 is 12.1 Å². The van der Waals surface area contributed by atoms with Gasteiger partial charge in [-0.15, -0.1) is 0 Å². The van der Waals surface area contributed by atoms with Crippen LogP contribution < -0.4 is 16.0 Å². The van der Waals surface area contributed by atoms with Crippen molar-refractivity contribution in [3.63, 3.8) is 0 Å². The van der Waals surface area contributed by atoms with E-state index in [0.29, 0.717) is 34.8 Å². The third kappa shape index (κ3) is 8.40. The number of fused-ring (bicyclic) bond motifs is 1. The number of pyridine rings is 1. The molecule has 0 saturated carbocycles. The lowest BCUT2D eigenvalue weighted by Crippen LogP contribution is -2.34. The lowest BCUT2D eigenvalue weighted by molar-refractivity contribution is -0.142. The average Bonchev–Trinajstić information content (AvgIpc) is 3.35. The number of benzene rings is 2. The zero-order valence-corrected chi connectivity index (χ0v) is 25.5. The van der Waals surface area contributed by atoms with Crippen LogP contribution in [0.25, 0.3) is 11.0 Å². The quantitative estimate of drug-likeness (QED) is 0.0917. The highest BCUT2D eigenvalue weighted by atomic mass is 19.1. The number of esters is 1. The minimum absolute atomic E-state index is 0.0173. The second kappa shape index (κ2) is 15.4. The average molecular weight is 618 g/mol. The van der Waals surface area contributed by atoms with E-state index < -0.39 is 17.9 Å². The predicted molar refractivity (Wildman–Crippen MR) is 169 cm³/mol. The summed E-state index contributed by atoms with van der Waals surface area (Å²) in [5.74, 6) is -0.611. The molecule has 2 amide bonds. The summed E-state index contributed by atoms with van der Waals surface area (Å²) in [5, 5.41) is 3.19. The van der Waals surface area contributed by atoms with Crippen molar-refractivity contribution in [2.75, 3.05) is 30.0 Å². The Kier molecular flexibility index (Phi) is 11.2. The van der Waals surface area contributed by atoms with Gasteiger partial charge in [0.05, 0.1) is 42.8 Å². The largest absolute Gasteiger partial charge is 0.466 e. The molecule has 236 valence electrons. The van der Waals surface area contributed by atoms with Crippen LogP contribution in [0.15, 0.2) is 65.8 Å². The molecule has 0 aliphatic rings. The van der Waals surface area contributed by atoms with E-state index in [1.807, 2.05) is 18.5 Å². The molecule has 0 atom stereocenters. The number of unbranched alkanes of at least 4 members (excludes halogenated alkanes) is 1. The molecule has 0 spiro atoms. The number of aliphatic imine (C=N–C) groups is 1. The first kappa shape index (κ1) is 32.6. The molecule has 0 saturated heterocycles. The number of nitrogens with zero attached hydrogens (tertiary/aromatic N) is 5. The summed E-state index contributed by atoms with van der Waals surface area (Å²) >= 11 is 0. The number of halogens is 1. The van der Waals surface area contributed by atoms with Gasteiger partial charge in [0.15, 0.2) is 0 Å². The number of imidazole rings is 1. The number of aromatic nitrogens is 3. The molecule has 0 fully saturated rings. The van der Waals surface area contributed by atoms with Crippen LogP contribution in [-0.2, 0) is 27.9 Å². The first-order chi connectivity index (χ1) is 21.7. The Hall–Kier alpha value is -5.33. The van der Waals surface area contributed by atoms with Crippen molar-refractivity contribution in [2.45, 2.75) is 39.7 Å². The maximum atomic E-state index is 14.5. The van der Waals surface area contributed by atoms with Crippen LogP contribution >= 0.6 is 0 Å². The van der Waals surface area contributed by atoms with Gasteiger partial charge in [0.2, 0.25) is 0 Å². The van der Waals surface area contributed by atoms with Gasteiger partial charge in [0, 0.05) is 31.0 Å². The molecular weight excluding hydrogens is 581 g/mol. The van der Waals surface area contributed by atoms with Gasteiger partial charge in [0.25, 0.3) is 5.91 Å². The molecule has 4 rings (SSSR count). The number of amidine groups is 1. The second-order valence-corrected chi connectivity index (χ2v) is 10.0. The summed E-state index contributed by atoms with van der Waals surface area (Å²) < 4.78 is 26.4. The topological polar surface area (TPSA) is 154 Å². The van der Waals surface area contributed by atoms with Crippen LogP contribution in [-0.4, -0.2) is 58.1 Å². The van der Waals surface area contributed by atoms with E-state index in [4.69, 9.17) is 20.2 Å². The number of carbonyl (C=O) groups excluding carboxylic acids is 3. The molecule has 4 aromatic rings. The van der Waals surface area contributed by atoms with E-state index in [2.05, 4.69) is 15.3 Å². The lowest BCUT2D eigenvalue weighted by atomic mass is 10.1. The number of ether oxygens (including phenoxy) is 2. The van der Waals surface area contributed by atoms with Crippen molar-refractivity contribution < 1.29 is 28.2 Å². The van der Waals surface area contributed by atoms with Crippen molar-refractivity contribution >= 4 is 46.3 Å². The van der Waals surface area contributed by atoms with Crippen molar-refractivity contribution in [2.24, 2.45) is 17.8 Å². The van der Waals surface area contributed by atoms with Gasteiger partial charge in [-0.1, -0.05) is 19.4 Å². The second-order valence-electron chi connectivity index (χ2n) is 10.0. The van der Waals surface area contributed by atoms with Crippen LogP contribution in [0.1, 0.15) is 54.9 Å². The summed E-state index contributed by atoms with van der Waals surface area (Å²) in [7, 11) is 1.85. The minimum Gasteiger partial charge on any atom is -0.466 e.